The third-order valence-corrected chi connectivity index (χ3v) is 7.32. The second-order valence-electron chi connectivity index (χ2n) is 9.78. The summed E-state index contributed by atoms with van der Waals surface area (Å²) in [7, 11) is 1.53. The van der Waals surface area contributed by atoms with Gasteiger partial charge in [-0.05, 0) is 78.9 Å². The first-order chi connectivity index (χ1) is 19.9. The van der Waals surface area contributed by atoms with Crippen molar-refractivity contribution in [3.8, 4) is 17.3 Å². The SMILES string of the molecule is CCCCc1ccc2[nH]cc(CCN=C(c3ccc(Cl)cc3)c3c(O)n(-c4ccc(OC)cc4)c(=O)[nH]c3=O)c2c1. The molecule has 9 heteroatoms. The molecule has 0 amide bonds. The Balaban J connectivity index is 1.56. The van der Waals surface area contributed by atoms with Crippen molar-refractivity contribution in [2.24, 2.45) is 4.99 Å². The van der Waals surface area contributed by atoms with E-state index >= 15 is 0 Å². The van der Waals surface area contributed by atoms with Crippen LogP contribution in [0.4, 0.5) is 0 Å². The molecular weight excluding hydrogens is 540 g/mol. The number of aliphatic imine (C=N–C) groups is 1. The van der Waals surface area contributed by atoms with E-state index in [4.69, 9.17) is 21.3 Å². The molecule has 2 aromatic heterocycles. The number of rotatable bonds is 10. The van der Waals surface area contributed by atoms with Gasteiger partial charge in [-0.3, -0.25) is 14.8 Å². The topological polar surface area (TPSA) is 112 Å². The summed E-state index contributed by atoms with van der Waals surface area (Å²) in [6.45, 7) is 2.52. The first-order valence-electron chi connectivity index (χ1n) is 13.5. The monoisotopic (exact) mass is 570 g/mol. The zero-order valence-corrected chi connectivity index (χ0v) is 23.7. The standard InChI is InChI=1S/C32H31ClN4O4/c1-3-4-5-20-6-15-27-26(18-20)22(19-35-27)16-17-34-29(21-7-9-23(33)10-8-21)28-30(38)36-32(40)37(31(28)39)24-11-13-25(41-2)14-12-24/h6-15,18-19,35,39H,3-5,16-17H2,1-2H3,(H,36,38,40). The number of nitrogens with zero attached hydrogens (tertiary/aromatic N) is 2. The predicted molar refractivity (Wildman–Crippen MR) is 163 cm³/mol. The van der Waals surface area contributed by atoms with Gasteiger partial charge in [-0.25, -0.2) is 9.36 Å². The lowest BCUT2D eigenvalue weighted by atomic mass is 10.0. The zero-order valence-electron chi connectivity index (χ0n) is 22.9. The molecule has 210 valence electrons. The number of aryl methyl sites for hydroxylation is 1. The molecule has 0 spiro atoms. The van der Waals surface area contributed by atoms with Crippen LogP contribution in [0.25, 0.3) is 16.6 Å². The average Bonchev–Trinajstić information content (AvgIpc) is 3.38. The van der Waals surface area contributed by atoms with Crippen LogP contribution < -0.4 is 16.0 Å². The van der Waals surface area contributed by atoms with Crippen LogP contribution in [0.3, 0.4) is 0 Å². The zero-order chi connectivity index (χ0) is 28.9. The molecule has 5 rings (SSSR count). The van der Waals surface area contributed by atoms with Crippen LogP contribution in [-0.2, 0) is 12.8 Å². The van der Waals surface area contributed by atoms with Gasteiger partial charge >= 0.3 is 5.69 Å². The molecule has 0 bridgehead atoms. The lowest BCUT2D eigenvalue weighted by Crippen LogP contribution is -2.33. The molecule has 0 aliphatic carbocycles. The van der Waals surface area contributed by atoms with E-state index in [-0.39, 0.29) is 11.3 Å². The van der Waals surface area contributed by atoms with Gasteiger partial charge in [0, 0.05) is 34.2 Å². The highest BCUT2D eigenvalue weighted by Crippen LogP contribution is 2.24. The number of benzene rings is 3. The number of halogens is 1. The summed E-state index contributed by atoms with van der Waals surface area (Å²) in [5.41, 5.74) is 3.04. The summed E-state index contributed by atoms with van der Waals surface area (Å²) in [4.78, 5) is 36.4. The summed E-state index contributed by atoms with van der Waals surface area (Å²) >= 11 is 6.13. The Morgan fingerprint density at radius 2 is 1.78 bits per heavy atom. The average molecular weight is 571 g/mol. The fourth-order valence-corrected chi connectivity index (χ4v) is 5.01. The fourth-order valence-electron chi connectivity index (χ4n) is 4.89. The second kappa shape index (κ2) is 12.3. The van der Waals surface area contributed by atoms with Crippen molar-refractivity contribution in [3.63, 3.8) is 0 Å². The van der Waals surface area contributed by atoms with Gasteiger partial charge in [0.15, 0.2) is 0 Å². The summed E-state index contributed by atoms with van der Waals surface area (Å²) in [5.74, 6) is 0.0781. The molecule has 0 atom stereocenters. The van der Waals surface area contributed by atoms with Crippen LogP contribution in [0.15, 0.2) is 87.5 Å². The molecule has 3 aromatic carbocycles. The largest absolute Gasteiger partial charge is 0.497 e. The Kier molecular flexibility index (Phi) is 8.40. The van der Waals surface area contributed by atoms with Gasteiger partial charge < -0.3 is 14.8 Å². The molecule has 5 aromatic rings. The number of H-pyrrole nitrogens is 2. The van der Waals surface area contributed by atoms with E-state index in [0.717, 1.165) is 40.3 Å². The highest BCUT2D eigenvalue weighted by Gasteiger charge is 2.22. The normalized spacial score (nSPS) is 11.7. The Morgan fingerprint density at radius 1 is 1.02 bits per heavy atom. The molecule has 2 heterocycles. The van der Waals surface area contributed by atoms with Gasteiger partial charge in [-0.1, -0.05) is 43.1 Å². The summed E-state index contributed by atoms with van der Waals surface area (Å²) < 4.78 is 6.24. The van der Waals surface area contributed by atoms with Gasteiger partial charge in [0.25, 0.3) is 5.56 Å². The van der Waals surface area contributed by atoms with Gasteiger partial charge in [0.2, 0.25) is 5.88 Å². The van der Waals surface area contributed by atoms with Crippen LogP contribution in [0.5, 0.6) is 11.6 Å². The number of methoxy groups -OCH3 is 1. The number of unbranched alkanes of at least 4 members (excludes halogenated alkanes) is 1. The number of aromatic nitrogens is 3. The van der Waals surface area contributed by atoms with Crippen LogP contribution >= 0.6 is 11.6 Å². The lowest BCUT2D eigenvalue weighted by Gasteiger charge is -2.14. The second-order valence-corrected chi connectivity index (χ2v) is 10.2. The summed E-state index contributed by atoms with van der Waals surface area (Å²) in [5, 5.41) is 13.0. The van der Waals surface area contributed by atoms with E-state index in [2.05, 4.69) is 35.1 Å². The summed E-state index contributed by atoms with van der Waals surface area (Å²) in [6.07, 6.45) is 5.89. The first-order valence-corrected chi connectivity index (χ1v) is 13.9. The fraction of sp³-hybridized carbons (Fsp3) is 0.219. The van der Waals surface area contributed by atoms with Gasteiger partial charge in [-0.15, -0.1) is 0 Å². The van der Waals surface area contributed by atoms with E-state index in [1.54, 1.807) is 48.5 Å². The first kappa shape index (κ1) is 28.0. The van der Waals surface area contributed by atoms with Gasteiger partial charge in [-0.2, -0.15) is 0 Å². The van der Waals surface area contributed by atoms with E-state index in [9.17, 15) is 14.7 Å². The van der Waals surface area contributed by atoms with Crippen molar-refractivity contribution in [2.45, 2.75) is 32.6 Å². The highest BCUT2D eigenvalue weighted by molar-refractivity contribution is 6.30. The lowest BCUT2D eigenvalue weighted by molar-refractivity contribution is 0.414. The molecule has 0 saturated carbocycles. The molecule has 41 heavy (non-hydrogen) atoms. The quantitative estimate of drug-likeness (QED) is 0.184. The van der Waals surface area contributed by atoms with Crippen molar-refractivity contribution in [1.82, 2.24) is 14.5 Å². The maximum Gasteiger partial charge on any atom is 0.335 e. The number of aromatic amines is 2. The number of ether oxygens (including phenoxy) is 1. The van der Waals surface area contributed by atoms with Crippen molar-refractivity contribution in [2.75, 3.05) is 13.7 Å². The van der Waals surface area contributed by atoms with Crippen LogP contribution in [-0.4, -0.2) is 39.0 Å². The maximum absolute atomic E-state index is 13.2. The van der Waals surface area contributed by atoms with Crippen LogP contribution in [0.1, 0.15) is 42.0 Å². The third-order valence-electron chi connectivity index (χ3n) is 7.07. The third kappa shape index (κ3) is 5.98. The smallest absolute Gasteiger partial charge is 0.335 e. The van der Waals surface area contributed by atoms with Crippen molar-refractivity contribution >= 4 is 28.2 Å². The number of nitrogens with one attached hydrogen (secondary N) is 2. The molecule has 0 saturated heterocycles. The number of hydrogen-bond donors (Lipinski definition) is 3. The number of fused-ring (bicyclic) bond motifs is 1. The Labute approximate surface area is 241 Å². The molecule has 8 nitrogen and oxygen atoms in total. The highest BCUT2D eigenvalue weighted by atomic mass is 35.5. The van der Waals surface area contributed by atoms with Crippen LogP contribution in [0.2, 0.25) is 5.02 Å². The predicted octanol–water partition coefficient (Wildman–Crippen LogP) is 5.80. The number of hydrogen-bond acceptors (Lipinski definition) is 5. The minimum absolute atomic E-state index is 0.108. The molecule has 0 aliphatic heterocycles. The summed E-state index contributed by atoms with van der Waals surface area (Å²) in [6, 6.07) is 19.9. The minimum atomic E-state index is -0.769. The van der Waals surface area contributed by atoms with Gasteiger partial charge in [0.05, 0.1) is 18.5 Å². The Morgan fingerprint density at radius 3 is 2.49 bits per heavy atom. The minimum Gasteiger partial charge on any atom is -0.497 e. The van der Waals surface area contributed by atoms with Crippen LogP contribution in [0, 0.1) is 0 Å². The van der Waals surface area contributed by atoms with Crippen molar-refractivity contribution in [1.29, 1.82) is 0 Å². The van der Waals surface area contributed by atoms with E-state index in [0.29, 0.717) is 35.0 Å². The van der Waals surface area contributed by atoms with Crippen molar-refractivity contribution < 1.29 is 9.84 Å². The van der Waals surface area contributed by atoms with E-state index < -0.39 is 17.1 Å². The molecule has 0 radical (unpaired) electrons. The van der Waals surface area contributed by atoms with Gasteiger partial charge in [0.1, 0.15) is 11.3 Å². The molecule has 3 N–H and O–H groups in total. The molecular formula is C32H31ClN4O4. The van der Waals surface area contributed by atoms with E-state index in [1.807, 2.05) is 6.20 Å². The Hall–Kier alpha value is -4.56. The Bertz CT molecular complexity index is 1820. The maximum atomic E-state index is 13.2. The molecule has 0 aliphatic rings. The molecule has 0 unspecified atom stereocenters. The molecule has 0 fully saturated rings. The number of aromatic hydroxyl groups is 1. The van der Waals surface area contributed by atoms with E-state index in [1.165, 1.54) is 12.7 Å². The van der Waals surface area contributed by atoms with Crippen molar-refractivity contribution in [3.05, 3.63) is 121 Å².